The molecule has 2 heterocycles. The quantitative estimate of drug-likeness (QED) is 0.369. The van der Waals surface area contributed by atoms with E-state index >= 15 is 0 Å². The predicted octanol–water partition coefficient (Wildman–Crippen LogP) is 5.22. The normalized spacial score (nSPS) is 12.6. The fraction of sp³-hybridized carbons (Fsp3) is 0.258. The lowest BCUT2D eigenvalue weighted by molar-refractivity contribution is 0.0747. The molecule has 5 rings (SSSR count). The first-order valence-corrected chi connectivity index (χ1v) is 13.0. The van der Waals surface area contributed by atoms with Crippen molar-refractivity contribution in [2.24, 2.45) is 0 Å². The van der Waals surface area contributed by atoms with Crippen LogP contribution in [0.4, 0.5) is 10.1 Å². The molecule has 208 valence electrons. The number of pyridine rings is 1. The van der Waals surface area contributed by atoms with Crippen molar-refractivity contribution >= 4 is 22.5 Å². The van der Waals surface area contributed by atoms with Gasteiger partial charge in [-0.3, -0.25) is 9.59 Å². The summed E-state index contributed by atoms with van der Waals surface area (Å²) in [5.41, 5.74) is 2.31. The molecule has 0 saturated carbocycles. The summed E-state index contributed by atoms with van der Waals surface area (Å²) in [7, 11) is 1.58. The Balaban J connectivity index is 0.00000144. The van der Waals surface area contributed by atoms with Crippen LogP contribution >= 0.6 is 0 Å². The average Bonchev–Trinajstić information content (AvgIpc) is 3.00. The number of benzene rings is 3. The van der Waals surface area contributed by atoms with Gasteiger partial charge in [0.25, 0.3) is 11.5 Å². The molecule has 8 nitrogen and oxygen atoms in total. The molecule has 1 aromatic heterocycles. The third-order valence-corrected chi connectivity index (χ3v) is 6.73. The number of hydrogen-bond donors (Lipinski definition) is 1. The number of nitriles is 1. The summed E-state index contributed by atoms with van der Waals surface area (Å²) in [6.45, 7) is 6.12. The van der Waals surface area contributed by atoms with Gasteiger partial charge in [-0.2, -0.15) is 5.26 Å². The molecule has 3 N–H and O–H groups in total. The van der Waals surface area contributed by atoms with Crippen LogP contribution < -0.4 is 21.3 Å². The highest BCUT2D eigenvalue weighted by Crippen LogP contribution is 2.30. The van der Waals surface area contributed by atoms with Crippen LogP contribution in [0.3, 0.4) is 0 Å². The van der Waals surface area contributed by atoms with Crippen molar-refractivity contribution < 1.29 is 13.9 Å². The Kier molecular flexibility index (Phi) is 10.0. The molecule has 1 aliphatic heterocycles. The first-order valence-electron chi connectivity index (χ1n) is 13.0. The van der Waals surface area contributed by atoms with Crippen LogP contribution in [-0.2, 0) is 6.54 Å². The second kappa shape index (κ2) is 13.4. The third kappa shape index (κ3) is 5.98. The maximum absolute atomic E-state index is 13.5. The van der Waals surface area contributed by atoms with E-state index in [2.05, 4.69) is 6.07 Å². The first-order chi connectivity index (χ1) is 19.0. The standard InChI is InChI=1S/C29H25FN4O3.C2H6.H3N/c1-37-23-12-8-21(9-13-23)28(35)33-16-14-32(15-17-33)27-24-4-2-3-5-26(24)34(29(36)25(27)18-31)19-20-6-10-22(30)11-7-20;1-2;/h2-13H,14-17,19H2,1H3;1-2H3;1H3. The summed E-state index contributed by atoms with van der Waals surface area (Å²) in [5.74, 6) is 0.271. The van der Waals surface area contributed by atoms with Crippen LogP contribution in [0.25, 0.3) is 10.9 Å². The van der Waals surface area contributed by atoms with Crippen LogP contribution in [-0.4, -0.2) is 48.7 Å². The highest BCUT2D eigenvalue weighted by molar-refractivity contribution is 5.96. The number of halogens is 1. The van der Waals surface area contributed by atoms with Gasteiger partial charge < -0.3 is 25.3 Å². The molecular weight excluding hydrogens is 509 g/mol. The van der Waals surface area contributed by atoms with Gasteiger partial charge in [0.1, 0.15) is 23.2 Å². The molecule has 4 aromatic rings. The second-order valence-corrected chi connectivity index (χ2v) is 8.88. The van der Waals surface area contributed by atoms with E-state index in [1.165, 1.54) is 12.1 Å². The van der Waals surface area contributed by atoms with Crippen LogP contribution in [0.2, 0.25) is 0 Å². The summed E-state index contributed by atoms with van der Waals surface area (Å²) in [6, 6.07) is 22.6. The minimum absolute atomic E-state index is 0. The van der Waals surface area contributed by atoms with Crippen LogP contribution in [0, 0.1) is 17.1 Å². The highest BCUT2D eigenvalue weighted by atomic mass is 19.1. The molecule has 0 spiro atoms. The van der Waals surface area contributed by atoms with Gasteiger partial charge >= 0.3 is 0 Å². The fourth-order valence-corrected chi connectivity index (χ4v) is 4.80. The minimum atomic E-state index is -0.391. The number of carbonyl (C=O) groups excluding carboxylic acids is 1. The third-order valence-electron chi connectivity index (χ3n) is 6.73. The molecule has 0 radical (unpaired) electrons. The van der Waals surface area contributed by atoms with Crippen molar-refractivity contribution in [2.45, 2.75) is 20.4 Å². The van der Waals surface area contributed by atoms with E-state index in [9.17, 15) is 19.2 Å². The van der Waals surface area contributed by atoms with Gasteiger partial charge in [-0.25, -0.2) is 4.39 Å². The summed E-state index contributed by atoms with van der Waals surface area (Å²) in [6.07, 6.45) is 0. The Labute approximate surface area is 233 Å². The van der Waals surface area contributed by atoms with Gasteiger partial charge in [0.05, 0.1) is 24.9 Å². The Morgan fingerprint density at radius 2 is 1.57 bits per heavy atom. The SMILES string of the molecule is CC.COc1ccc(C(=O)N2CCN(c3c(C#N)c(=O)n(Cc4ccc(F)cc4)c4ccccc34)CC2)cc1.N. The maximum atomic E-state index is 13.5. The molecule has 0 aliphatic carbocycles. The van der Waals surface area contributed by atoms with Crippen molar-refractivity contribution in [3.05, 3.63) is 106 Å². The lowest BCUT2D eigenvalue weighted by atomic mass is 10.1. The van der Waals surface area contributed by atoms with E-state index < -0.39 is 5.56 Å². The Morgan fingerprint density at radius 1 is 0.950 bits per heavy atom. The number of nitrogens with zero attached hydrogens (tertiary/aromatic N) is 4. The number of rotatable bonds is 5. The van der Waals surface area contributed by atoms with E-state index in [4.69, 9.17) is 4.74 Å². The minimum Gasteiger partial charge on any atom is -0.497 e. The number of methoxy groups -OCH3 is 1. The van der Waals surface area contributed by atoms with Gasteiger partial charge in [-0.05, 0) is 48.0 Å². The number of hydrogen-bond acceptors (Lipinski definition) is 6. The zero-order valence-corrected chi connectivity index (χ0v) is 23.1. The number of piperazine rings is 1. The largest absolute Gasteiger partial charge is 0.497 e. The van der Waals surface area contributed by atoms with E-state index in [0.717, 1.165) is 10.9 Å². The van der Waals surface area contributed by atoms with E-state index in [0.29, 0.717) is 48.7 Å². The van der Waals surface area contributed by atoms with Gasteiger partial charge in [-0.1, -0.05) is 44.2 Å². The zero-order valence-electron chi connectivity index (χ0n) is 23.1. The summed E-state index contributed by atoms with van der Waals surface area (Å²) < 4.78 is 20.1. The van der Waals surface area contributed by atoms with E-state index in [1.54, 1.807) is 53.0 Å². The molecule has 3 aromatic carbocycles. The van der Waals surface area contributed by atoms with Crippen molar-refractivity contribution in [3.63, 3.8) is 0 Å². The number of para-hydroxylation sites is 1. The molecular formula is C31H34FN5O3. The molecule has 9 heteroatoms. The molecule has 40 heavy (non-hydrogen) atoms. The smallest absolute Gasteiger partial charge is 0.271 e. The summed E-state index contributed by atoms with van der Waals surface area (Å²) >= 11 is 0. The molecule has 0 bridgehead atoms. The lowest BCUT2D eigenvalue weighted by Gasteiger charge is -2.37. The second-order valence-electron chi connectivity index (χ2n) is 8.88. The number of anilines is 1. The van der Waals surface area contributed by atoms with Crippen LogP contribution in [0.15, 0.2) is 77.6 Å². The topological polar surface area (TPSA) is 114 Å². The molecule has 1 amide bonds. The number of carbonyl (C=O) groups is 1. The average molecular weight is 544 g/mol. The molecule has 1 aliphatic rings. The summed E-state index contributed by atoms with van der Waals surface area (Å²) in [5, 5.41) is 10.8. The number of aromatic nitrogens is 1. The predicted molar refractivity (Wildman–Crippen MR) is 156 cm³/mol. The number of fused-ring (bicyclic) bond motifs is 1. The van der Waals surface area contributed by atoms with Crippen LogP contribution in [0.1, 0.15) is 35.3 Å². The monoisotopic (exact) mass is 543 g/mol. The Bertz CT molecular complexity index is 1550. The van der Waals surface area contributed by atoms with Crippen molar-refractivity contribution in [3.8, 4) is 11.8 Å². The lowest BCUT2D eigenvalue weighted by Crippen LogP contribution is -2.49. The molecule has 1 saturated heterocycles. The Hall–Kier alpha value is -4.68. The zero-order chi connectivity index (χ0) is 27.9. The Morgan fingerprint density at radius 3 is 2.17 bits per heavy atom. The van der Waals surface area contributed by atoms with E-state index in [1.807, 2.05) is 43.0 Å². The van der Waals surface area contributed by atoms with Crippen LogP contribution in [0.5, 0.6) is 5.75 Å². The maximum Gasteiger partial charge on any atom is 0.271 e. The number of ether oxygens (including phenoxy) is 1. The van der Waals surface area contributed by atoms with Crippen molar-refractivity contribution in [1.29, 1.82) is 5.26 Å². The van der Waals surface area contributed by atoms with Gasteiger partial charge in [0.2, 0.25) is 0 Å². The highest BCUT2D eigenvalue weighted by Gasteiger charge is 2.27. The summed E-state index contributed by atoms with van der Waals surface area (Å²) in [4.78, 5) is 30.3. The van der Waals surface area contributed by atoms with Crippen molar-refractivity contribution in [2.75, 3.05) is 38.2 Å². The number of amides is 1. The first kappa shape index (κ1) is 29.9. The van der Waals surface area contributed by atoms with Gasteiger partial charge in [0.15, 0.2) is 0 Å². The molecule has 0 atom stereocenters. The fourth-order valence-electron chi connectivity index (χ4n) is 4.80. The molecule has 0 unspecified atom stereocenters. The molecule has 1 fully saturated rings. The van der Waals surface area contributed by atoms with Gasteiger partial charge in [-0.15, -0.1) is 0 Å². The van der Waals surface area contributed by atoms with Gasteiger partial charge in [0, 0.05) is 37.1 Å². The van der Waals surface area contributed by atoms with Crippen molar-refractivity contribution in [1.82, 2.24) is 15.6 Å². The van der Waals surface area contributed by atoms with E-state index in [-0.39, 0.29) is 30.0 Å².